The Hall–Kier alpha value is -1.53. The Bertz CT molecular complexity index is 519. The van der Waals surface area contributed by atoms with Crippen LogP contribution in [-0.4, -0.2) is 58.3 Å². The summed E-state index contributed by atoms with van der Waals surface area (Å²) in [6.07, 6.45) is 0.633. The van der Waals surface area contributed by atoms with E-state index in [9.17, 15) is 9.59 Å². The topological polar surface area (TPSA) is 43.9 Å². The fraction of sp³-hybridized carbons (Fsp3) is 0.500. The van der Waals surface area contributed by atoms with Gasteiger partial charge in [-0.25, -0.2) is 14.8 Å². The fourth-order valence-corrected chi connectivity index (χ4v) is 3.06. The van der Waals surface area contributed by atoms with Crippen molar-refractivity contribution in [2.75, 3.05) is 25.4 Å². The summed E-state index contributed by atoms with van der Waals surface area (Å²) in [7, 11) is 0. The quantitative estimate of drug-likeness (QED) is 0.617. The maximum atomic E-state index is 12.6. The average molecular weight is 321 g/mol. The Kier molecular flexibility index (Phi) is 5.85. The number of urea groups is 1. The molecule has 1 aliphatic heterocycles. The minimum absolute atomic E-state index is 0.125. The van der Waals surface area contributed by atoms with Gasteiger partial charge in [0.15, 0.2) is 0 Å². The number of hydrogen-bond acceptors (Lipinski definition) is 4. The van der Waals surface area contributed by atoms with E-state index in [1.165, 1.54) is 4.90 Å². The third-order valence-corrected chi connectivity index (χ3v) is 4.36. The molecule has 6 heteroatoms. The fourth-order valence-electron chi connectivity index (χ4n) is 2.77. The van der Waals surface area contributed by atoms with Gasteiger partial charge in [-0.15, -0.1) is 0 Å². The molecule has 0 spiro atoms. The number of benzene rings is 1. The molecule has 2 rings (SSSR count). The van der Waals surface area contributed by atoms with Gasteiger partial charge in [0.2, 0.25) is 0 Å². The van der Waals surface area contributed by atoms with Crippen molar-refractivity contribution < 1.29 is 9.59 Å². The van der Waals surface area contributed by atoms with Crippen LogP contribution in [0.15, 0.2) is 30.3 Å². The van der Waals surface area contributed by atoms with E-state index in [2.05, 4.69) is 12.6 Å². The summed E-state index contributed by atoms with van der Waals surface area (Å²) in [4.78, 5) is 26.3. The first-order chi connectivity index (χ1) is 10.6. The van der Waals surface area contributed by atoms with Gasteiger partial charge >= 0.3 is 6.03 Å². The van der Waals surface area contributed by atoms with Crippen LogP contribution < -0.4 is 0 Å². The molecule has 3 amide bonds. The van der Waals surface area contributed by atoms with Crippen LogP contribution in [-0.2, 0) is 11.2 Å². The zero-order valence-electron chi connectivity index (χ0n) is 13.1. The van der Waals surface area contributed by atoms with E-state index in [1.54, 1.807) is 5.01 Å². The van der Waals surface area contributed by atoms with Crippen molar-refractivity contribution in [2.24, 2.45) is 0 Å². The summed E-state index contributed by atoms with van der Waals surface area (Å²) < 4.78 is 0. The zero-order chi connectivity index (χ0) is 16.1. The molecule has 1 aliphatic rings. The van der Waals surface area contributed by atoms with Crippen LogP contribution >= 0.6 is 12.6 Å². The Morgan fingerprint density at radius 1 is 1.18 bits per heavy atom. The predicted molar refractivity (Wildman–Crippen MR) is 89.7 cm³/mol. The maximum Gasteiger partial charge on any atom is 0.342 e. The molecule has 1 unspecified atom stereocenters. The van der Waals surface area contributed by atoms with E-state index in [1.807, 2.05) is 49.2 Å². The van der Waals surface area contributed by atoms with Crippen LogP contribution in [0.3, 0.4) is 0 Å². The lowest BCUT2D eigenvalue weighted by atomic mass is 10.1. The molecule has 0 bridgehead atoms. The van der Waals surface area contributed by atoms with Crippen LogP contribution in [0.25, 0.3) is 0 Å². The number of amides is 3. The highest BCUT2D eigenvalue weighted by molar-refractivity contribution is 7.80. The first kappa shape index (κ1) is 16.8. The number of hydrazine groups is 1. The molecular formula is C16H23N3O2S. The SMILES string of the molecule is CCN(CC)N1CC(=O)N(C(CS)Cc2ccccc2)C1=O. The molecule has 1 saturated heterocycles. The number of nitrogens with zero attached hydrogens (tertiary/aromatic N) is 3. The van der Waals surface area contributed by atoms with Gasteiger partial charge in [0.1, 0.15) is 6.54 Å². The maximum absolute atomic E-state index is 12.6. The first-order valence-corrected chi connectivity index (χ1v) is 8.28. The molecule has 1 aromatic rings. The van der Waals surface area contributed by atoms with E-state index in [-0.39, 0.29) is 24.5 Å². The van der Waals surface area contributed by atoms with E-state index in [0.717, 1.165) is 5.56 Å². The number of carbonyl (C=O) groups is 2. The number of thiol groups is 1. The van der Waals surface area contributed by atoms with Crippen molar-refractivity contribution in [1.29, 1.82) is 0 Å². The Balaban J connectivity index is 2.15. The second-order valence-electron chi connectivity index (χ2n) is 5.27. The highest BCUT2D eigenvalue weighted by Gasteiger charge is 2.41. The largest absolute Gasteiger partial charge is 0.342 e. The normalized spacial score (nSPS) is 16.7. The smallest absolute Gasteiger partial charge is 0.272 e. The Morgan fingerprint density at radius 3 is 2.36 bits per heavy atom. The highest BCUT2D eigenvalue weighted by Crippen LogP contribution is 2.20. The number of rotatable bonds is 7. The van der Waals surface area contributed by atoms with Crippen LogP contribution in [0.5, 0.6) is 0 Å². The van der Waals surface area contributed by atoms with Gasteiger partial charge in [-0.05, 0) is 12.0 Å². The van der Waals surface area contributed by atoms with Crippen molar-refractivity contribution in [3.63, 3.8) is 0 Å². The molecule has 22 heavy (non-hydrogen) atoms. The van der Waals surface area contributed by atoms with Gasteiger partial charge in [-0.3, -0.25) is 9.69 Å². The summed E-state index contributed by atoms with van der Waals surface area (Å²) in [6, 6.07) is 9.43. The van der Waals surface area contributed by atoms with Gasteiger partial charge in [0, 0.05) is 18.8 Å². The minimum Gasteiger partial charge on any atom is -0.272 e. The first-order valence-electron chi connectivity index (χ1n) is 7.65. The average Bonchev–Trinajstić information content (AvgIpc) is 2.82. The van der Waals surface area contributed by atoms with Crippen LogP contribution in [0.4, 0.5) is 4.79 Å². The van der Waals surface area contributed by atoms with Crippen molar-refractivity contribution in [3.8, 4) is 0 Å². The predicted octanol–water partition coefficient (Wildman–Crippen LogP) is 2.05. The third-order valence-electron chi connectivity index (χ3n) is 3.94. The molecule has 0 saturated carbocycles. The molecule has 1 aromatic carbocycles. The molecule has 0 aromatic heterocycles. The molecule has 120 valence electrons. The van der Waals surface area contributed by atoms with E-state index in [4.69, 9.17) is 0 Å². The highest BCUT2D eigenvalue weighted by atomic mass is 32.1. The van der Waals surface area contributed by atoms with E-state index < -0.39 is 0 Å². The van der Waals surface area contributed by atoms with Crippen LogP contribution in [0.2, 0.25) is 0 Å². The molecule has 1 atom stereocenters. The lowest BCUT2D eigenvalue weighted by Crippen LogP contribution is -2.48. The second kappa shape index (κ2) is 7.65. The molecule has 0 radical (unpaired) electrons. The number of carbonyl (C=O) groups excluding carboxylic acids is 2. The summed E-state index contributed by atoms with van der Waals surface area (Å²) in [5.41, 5.74) is 1.10. The van der Waals surface area contributed by atoms with E-state index in [0.29, 0.717) is 25.3 Å². The lowest BCUT2D eigenvalue weighted by Gasteiger charge is -2.30. The molecule has 1 fully saturated rings. The van der Waals surface area contributed by atoms with Crippen molar-refractivity contribution in [3.05, 3.63) is 35.9 Å². The van der Waals surface area contributed by atoms with Crippen molar-refractivity contribution in [1.82, 2.24) is 14.9 Å². The molecule has 0 N–H and O–H groups in total. The zero-order valence-corrected chi connectivity index (χ0v) is 14.0. The number of hydrogen-bond donors (Lipinski definition) is 1. The van der Waals surface area contributed by atoms with Crippen molar-refractivity contribution >= 4 is 24.6 Å². The summed E-state index contributed by atoms with van der Waals surface area (Å²) in [5.74, 6) is 0.310. The monoisotopic (exact) mass is 321 g/mol. The summed E-state index contributed by atoms with van der Waals surface area (Å²) in [5, 5.41) is 3.43. The van der Waals surface area contributed by atoms with Gasteiger partial charge < -0.3 is 0 Å². The van der Waals surface area contributed by atoms with Crippen LogP contribution in [0.1, 0.15) is 19.4 Å². The standard InChI is InChI=1S/C16H23N3O2S/c1-3-17(4-2)18-11-15(20)19(16(18)21)14(12-22)10-13-8-6-5-7-9-13/h5-9,14,22H,3-4,10-12H2,1-2H3. The second-order valence-corrected chi connectivity index (χ2v) is 5.63. The Morgan fingerprint density at radius 2 is 1.82 bits per heavy atom. The Labute approximate surface area is 137 Å². The molecular weight excluding hydrogens is 298 g/mol. The molecule has 0 aliphatic carbocycles. The minimum atomic E-state index is -0.233. The van der Waals surface area contributed by atoms with Gasteiger partial charge in [0.05, 0.1) is 6.04 Å². The molecule has 1 heterocycles. The lowest BCUT2D eigenvalue weighted by molar-refractivity contribution is -0.127. The number of imide groups is 1. The summed E-state index contributed by atoms with van der Waals surface area (Å²) in [6.45, 7) is 5.48. The van der Waals surface area contributed by atoms with Crippen LogP contribution in [0, 0.1) is 0 Å². The third kappa shape index (κ3) is 3.44. The van der Waals surface area contributed by atoms with Gasteiger partial charge in [-0.2, -0.15) is 12.6 Å². The van der Waals surface area contributed by atoms with E-state index >= 15 is 0 Å². The molecule has 5 nitrogen and oxygen atoms in total. The van der Waals surface area contributed by atoms with Gasteiger partial charge in [-0.1, -0.05) is 44.2 Å². The van der Waals surface area contributed by atoms with Gasteiger partial charge in [0.25, 0.3) is 5.91 Å². The summed E-state index contributed by atoms with van der Waals surface area (Å²) >= 11 is 4.35. The van der Waals surface area contributed by atoms with Crippen molar-refractivity contribution in [2.45, 2.75) is 26.3 Å².